The van der Waals surface area contributed by atoms with E-state index in [0.717, 1.165) is 16.8 Å². The average molecular weight is 351 g/mol. The Labute approximate surface area is 152 Å². The topological polar surface area (TPSA) is 65.4 Å². The van der Waals surface area contributed by atoms with E-state index in [-0.39, 0.29) is 12.3 Å². The number of carbonyl (C=O) groups is 1. The number of ether oxygens (including phenoxy) is 2. The minimum atomic E-state index is -0.103. The molecule has 2 aromatic carbocycles. The van der Waals surface area contributed by atoms with Gasteiger partial charge in [0.1, 0.15) is 11.5 Å². The normalized spacial score (nSPS) is 10.4. The van der Waals surface area contributed by atoms with Gasteiger partial charge in [0, 0.05) is 24.5 Å². The van der Waals surface area contributed by atoms with Crippen LogP contribution in [0.15, 0.2) is 61.2 Å². The summed E-state index contributed by atoms with van der Waals surface area (Å²) in [6.07, 6.45) is 5.52. The van der Waals surface area contributed by atoms with Gasteiger partial charge in [0.25, 0.3) is 0 Å². The molecular weight excluding hydrogens is 330 g/mol. The maximum atomic E-state index is 12.5. The van der Waals surface area contributed by atoms with E-state index in [9.17, 15) is 4.79 Å². The SMILES string of the molecule is COc1cccc(OC)c1CC(=O)NCc1ccccc1-n1ccnc1. The smallest absolute Gasteiger partial charge is 0.224 e. The van der Waals surface area contributed by atoms with Crippen LogP contribution in [0, 0.1) is 0 Å². The number of benzene rings is 2. The number of para-hydroxylation sites is 1. The molecule has 0 saturated heterocycles. The van der Waals surface area contributed by atoms with Gasteiger partial charge < -0.3 is 19.4 Å². The fraction of sp³-hybridized carbons (Fsp3) is 0.200. The van der Waals surface area contributed by atoms with Crippen LogP contribution >= 0.6 is 0 Å². The third kappa shape index (κ3) is 3.85. The molecule has 1 N–H and O–H groups in total. The molecule has 1 heterocycles. The zero-order chi connectivity index (χ0) is 18.4. The number of aromatic nitrogens is 2. The van der Waals surface area contributed by atoms with E-state index in [4.69, 9.17) is 9.47 Å². The van der Waals surface area contributed by atoms with Crippen molar-refractivity contribution in [2.75, 3.05) is 14.2 Å². The summed E-state index contributed by atoms with van der Waals surface area (Å²) < 4.78 is 12.6. The predicted octanol–water partition coefficient (Wildman–Crippen LogP) is 2.75. The fourth-order valence-electron chi connectivity index (χ4n) is 2.83. The molecule has 6 heteroatoms. The summed E-state index contributed by atoms with van der Waals surface area (Å²) in [5.74, 6) is 1.17. The van der Waals surface area contributed by atoms with Gasteiger partial charge in [-0.2, -0.15) is 0 Å². The first-order valence-electron chi connectivity index (χ1n) is 8.25. The van der Waals surface area contributed by atoms with Crippen LogP contribution in [0.4, 0.5) is 0 Å². The molecule has 0 bridgehead atoms. The molecule has 6 nitrogen and oxygen atoms in total. The van der Waals surface area contributed by atoms with Crippen molar-refractivity contribution in [2.24, 2.45) is 0 Å². The molecule has 0 radical (unpaired) electrons. The number of carbonyl (C=O) groups excluding carboxylic acids is 1. The van der Waals surface area contributed by atoms with Crippen LogP contribution in [0.3, 0.4) is 0 Å². The molecule has 0 fully saturated rings. The number of nitrogens with zero attached hydrogens (tertiary/aromatic N) is 2. The van der Waals surface area contributed by atoms with E-state index in [1.807, 2.05) is 53.2 Å². The van der Waals surface area contributed by atoms with Crippen molar-refractivity contribution in [1.82, 2.24) is 14.9 Å². The van der Waals surface area contributed by atoms with Crippen LogP contribution < -0.4 is 14.8 Å². The Kier molecular flexibility index (Phi) is 5.53. The van der Waals surface area contributed by atoms with Gasteiger partial charge in [-0.05, 0) is 23.8 Å². The maximum absolute atomic E-state index is 12.5. The number of hydrogen-bond acceptors (Lipinski definition) is 4. The summed E-state index contributed by atoms with van der Waals surface area (Å²) in [4.78, 5) is 16.6. The number of hydrogen-bond donors (Lipinski definition) is 1. The van der Waals surface area contributed by atoms with Crippen molar-refractivity contribution in [1.29, 1.82) is 0 Å². The monoisotopic (exact) mass is 351 g/mol. The molecule has 0 saturated carbocycles. The van der Waals surface area contributed by atoms with Crippen molar-refractivity contribution < 1.29 is 14.3 Å². The Balaban J connectivity index is 1.72. The van der Waals surface area contributed by atoms with Crippen molar-refractivity contribution in [3.63, 3.8) is 0 Å². The van der Waals surface area contributed by atoms with E-state index >= 15 is 0 Å². The highest BCUT2D eigenvalue weighted by Gasteiger charge is 2.14. The summed E-state index contributed by atoms with van der Waals surface area (Å²) >= 11 is 0. The highest BCUT2D eigenvalue weighted by molar-refractivity contribution is 5.80. The average Bonchev–Trinajstić information content (AvgIpc) is 3.21. The van der Waals surface area contributed by atoms with E-state index in [1.165, 1.54) is 0 Å². The second-order valence-corrected chi connectivity index (χ2v) is 5.69. The predicted molar refractivity (Wildman–Crippen MR) is 98.7 cm³/mol. The molecule has 26 heavy (non-hydrogen) atoms. The summed E-state index contributed by atoms with van der Waals surface area (Å²) in [7, 11) is 3.16. The lowest BCUT2D eigenvalue weighted by Gasteiger charge is -2.14. The Morgan fingerprint density at radius 1 is 1.08 bits per heavy atom. The fourth-order valence-corrected chi connectivity index (χ4v) is 2.83. The molecule has 1 aromatic heterocycles. The maximum Gasteiger partial charge on any atom is 0.224 e. The van der Waals surface area contributed by atoms with Crippen molar-refractivity contribution in [2.45, 2.75) is 13.0 Å². The van der Waals surface area contributed by atoms with Crippen LogP contribution in [0.5, 0.6) is 11.5 Å². The molecule has 0 unspecified atom stereocenters. The molecule has 0 atom stereocenters. The largest absolute Gasteiger partial charge is 0.496 e. The molecule has 0 aliphatic rings. The lowest BCUT2D eigenvalue weighted by molar-refractivity contribution is -0.120. The third-order valence-electron chi connectivity index (χ3n) is 4.12. The minimum Gasteiger partial charge on any atom is -0.496 e. The molecule has 3 aromatic rings. The Bertz CT molecular complexity index is 854. The minimum absolute atomic E-state index is 0.103. The van der Waals surface area contributed by atoms with Gasteiger partial charge in [0.2, 0.25) is 5.91 Å². The standard InChI is InChI=1S/C20H21N3O3/c1-25-18-8-5-9-19(26-2)16(18)12-20(24)22-13-15-6-3-4-7-17(15)23-11-10-21-14-23/h3-11,14H,12-13H2,1-2H3,(H,22,24). The molecule has 134 valence electrons. The second-order valence-electron chi connectivity index (χ2n) is 5.69. The van der Waals surface area contributed by atoms with Crippen LogP contribution in [0.2, 0.25) is 0 Å². The van der Waals surface area contributed by atoms with Crippen molar-refractivity contribution in [3.05, 3.63) is 72.3 Å². The molecule has 0 spiro atoms. The number of rotatable bonds is 7. The first kappa shape index (κ1) is 17.5. The lowest BCUT2D eigenvalue weighted by atomic mass is 10.1. The van der Waals surface area contributed by atoms with E-state index in [1.54, 1.807) is 26.7 Å². The number of nitrogens with one attached hydrogen (secondary N) is 1. The van der Waals surface area contributed by atoms with E-state index in [2.05, 4.69) is 10.3 Å². The van der Waals surface area contributed by atoms with Gasteiger partial charge in [-0.15, -0.1) is 0 Å². The van der Waals surface area contributed by atoms with Gasteiger partial charge in [-0.3, -0.25) is 4.79 Å². The second kappa shape index (κ2) is 8.20. The molecular formula is C20H21N3O3. The summed E-state index contributed by atoms with van der Waals surface area (Å²) in [5, 5.41) is 2.97. The third-order valence-corrected chi connectivity index (χ3v) is 4.12. The molecule has 0 aliphatic carbocycles. The Hall–Kier alpha value is -3.28. The lowest BCUT2D eigenvalue weighted by Crippen LogP contribution is -2.25. The molecule has 1 amide bonds. The number of amides is 1. The van der Waals surface area contributed by atoms with Crippen molar-refractivity contribution >= 4 is 5.91 Å². The summed E-state index contributed by atoms with van der Waals surface area (Å²) in [5.41, 5.74) is 2.73. The van der Waals surface area contributed by atoms with Gasteiger partial charge in [0.05, 0.1) is 32.7 Å². The van der Waals surface area contributed by atoms with Crippen LogP contribution in [-0.4, -0.2) is 29.7 Å². The molecule has 3 rings (SSSR count). The van der Waals surface area contributed by atoms with Gasteiger partial charge in [0.15, 0.2) is 0 Å². The van der Waals surface area contributed by atoms with E-state index < -0.39 is 0 Å². The van der Waals surface area contributed by atoms with Crippen LogP contribution in [0.25, 0.3) is 5.69 Å². The Morgan fingerprint density at radius 2 is 1.81 bits per heavy atom. The number of imidazole rings is 1. The van der Waals surface area contributed by atoms with E-state index in [0.29, 0.717) is 18.0 Å². The van der Waals surface area contributed by atoms with Gasteiger partial charge in [-0.1, -0.05) is 24.3 Å². The van der Waals surface area contributed by atoms with Crippen LogP contribution in [0.1, 0.15) is 11.1 Å². The zero-order valence-electron chi connectivity index (χ0n) is 14.8. The zero-order valence-corrected chi connectivity index (χ0v) is 14.8. The van der Waals surface area contributed by atoms with Gasteiger partial charge >= 0.3 is 0 Å². The highest BCUT2D eigenvalue weighted by Crippen LogP contribution is 2.28. The first-order chi connectivity index (χ1) is 12.7. The van der Waals surface area contributed by atoms with Gasteiger partial charge in [-0.25, -0.2) is 4.98 Å². The quantitative estimate of drug-likeness (QED) is 0.711. The molecule has 0 aliphatic heterocycles. The van der Waals surface area contributed by atoms with Crippen molar-refractivity contribution in [3.8, 4) is 17.2 Å². The number of methoxy groups -OCH3 is 2. The highest BCUT2D eigenvalue weighted by atomic mass is 16.5. The van der Waals surface area contributed by atoms with Crippen LogP contribution in [-0.2, 0) is 17.8 Å². The summed E-state index contributed by atoms with van der Waals surface area (Å²) in [6, 6.07) is 13.4. The summed E-state index contributed by atoms with van der Waals surface area (Å²) in [6.45, 7) is 0.421. The first-order valence-corrected chi connectivity index (χ1v) is 8.25. The Morgan fingerprint density at radius 3 is 2.46 bits per heavy atom.